The number of benzene rings is 2. The lowest BCUT2D eigenvalue weighted by molar-refractivity contribution is -0.121. The van der Waals surface area contributed by atoms with Gasteiger partial charge < -0.3 is 4.98 Å². The van der Waals surface area contributed by atoms with E-state index in [0.717, 1.165) is 16.3 Å². The van der Waals surface area contributed by atoms with E-state index in [1.165, 1.54) is 0 Å². The molecule has 3 aromatic rings. The molecule has 5 heteroatoms. The van der Waals surface area contributed by atoms with E-state index in [9.17, 15) is 9.59 Å². The summed E-state index contributed by atoms with van der Waals surface area (Å²) in [6, 6.07) is 17.2. The van der Waals surface area contributed by atoms with Crippen LogP contribution in [0.3, 0.4) is 0 Å². The van der Waals surface area contributed by atoms with Crippen LogP contribution in [0.15, 0.2) is 60.8 Å². The molecule has 0 radical (unpaired) electrons. The summed E-state index contributed by atoms with van der Waals surface area (Å²) in [5.41, 5.74) is 6.07. The van der Waals surface area contributed by atoms with Crippen molar-refractivity contribution in [2.75, 3.05) is 0 Å². The van der Waals surface area contributed by atoms with Crippen LogP contribution in [-0.2, 0) is 11.2 Å². The Morgan fingerprint density at radius 2 is 1.73 bits per heavy atom. The van der Waals surface area contributed by atoms with E-state index >= 15 is 0 Å². The van der Waals surface area contributed by atoms with Crippen molar-refractivity contribution in [2.24, 2.45) is 0 Å². The molecule has 22 heavy (non-hydrogen) atoms. The van der Waals surface area contributed by atoms with Crippen molar-refractivity contribution in [3.63, 3.8) is 0 Å². The lowest BCUT2D eigenvalue weighted by Crippen LogP contribution is -2.42. The number of rotatable bonds is 3. The minimum atomic E-state index is -0.378. The molecule has 0 unspecified atom stereocenters. The number of carbonyl (C=O) groups excluding carboxylic acids is 2. The second kappa shape index (κ2) is 6.13. The van der Waals surface area contributed by atoms with Crippen molar-refractivity contribution in [2.45, 2.75) is 6.42 Å². The van der Waals surface area contributed by atoms with Crippen molar-refractivity contribution in [3.8, 4) is 0 Å². The highest BCUT2D eigenvalue weighted by Gasteiger charge is 2.08. The molecule has 0 atom stereocenters. The minimum absolute atomic E-state index is 0.204. The highest BCUT2D eigenvalue weighted by atomic mass is 16.2. The SMILES string of the molecule is O=C(Cc1ccc2ccccc2c1)NNC(=O)c1ccc[nH]1. The molecule has 3 N–H and O–H groups in total. The van der Waals surface area contributed by atoms with Crippen LogP contribution in [0.2, 0.25) is 0 Å². The standard InChI is InChI=1S/C17H15N3O2/c21-16(19-20-17(22)15-6-3-9-18-15)11-12-7-8-13-4-1-2-5-14(13)10-12/h1-10,18H,11H2,(H,19,21)(H,20,22). The second-order valence-electron chi connectivity index (χ2n) is 4.94. The molecule has 0 spiro atoms. The summed E-state index contributed by atoms with van der Waals surface area (Å²) in [7, 11) is 0. The summed E-state index contributed by atoms with van der Waals surface area (Å²) in [6.45, 7) is 0. The molecule has 1 heterocycles. The molecule has 5 nitrogen and oxygen atoms in total. The fourth-order valence-corrected chi connectivity index (χ4v) is 2.24. The summed E-state index contributed by atoms with van der Waals surface area (Å²) in [6.07, 6.45) is 1.85. The quantitative estimate of drug-likeness (QED) is 0.647. The number of H-pyrrole nitrogens is 1. The molecule has 0 aliphatic carbocycles. The van der Waals surface area contributed by atoms with Gasteiger partial charge in [0.15, 0.2) is 0 Å². The smallest absolute Gasteiger partial charge is 0.286 e. The first kappa shape index (κ1) is 13.9. The zero-order chi connectivity index (χ0) is 15.4. The normalized spacial score (nSPS) is 10.4. The molecule has 0 aliphatic heterocycles. The van der Waals surface area contributed by atoms with Gasteiger partial charge in [-0.3, -0.25) is 20.4 Å². The Morgan fingerprint density at radius 3 is 2.50 bits per heavy atom. The van der Waals surface area contributed by atoms with Gasteiger partial charge in [-0.1, -0.05) is 42.5 Å². The van der Waals surface area contributed by atoms with Crippen molar-refractivity contribution in [3.05, 3.63) is 72.1 Å². The number of fused-ring (bicyclic) bond motifs is 1. The molecule has 0 bridgehead atoms. The van der Waals surface area contributed by atoms with Gasteiger partial charge in [-0.25, -0.2) is 0 Å². The van der Waals surface area contributed by atoms with Crippen LogP contribution >= 0.6 is 0 Å². The first-order chi connectivity index (χ1) is 10.7. The number of hydrogen-bond donors (Lipinski definition) is 3. The van der Waals surface area contributed by atoms with E-state index in [0.29, 0.717) is 5.69 Å². The molecular weight excluding hydrogens is 278 g/mol. The maximum atomic E-state index is 11.9. The number of amides is 2. The van der Waals surface area contributed by atoms with Crippen LogP contribution in [0, 0.1) is 0 Å². The molecule has 0 aliphatic rings. The first-order valence-electron chi connectivity index (χ1n) is 6.92. The molecule has 0 fully saturated rings. The molecule has 110 valence electrons. The third kappa shape index (κ3) is 3.15. The van der Waals surface area contributed by atoms with E-state index in [2.05, 4.69) is 15.8 Å². The number of nitrogens with one attached hydrogen (secondary N) is 3. The van der Waals surface area contributed by atoms with Crippen LogP contribution in [0.25, 0.3) is 10.8 Å². The van der Waals surface area contributed by atoms with E-state index in [1.54, 1.807) is 18.3 Å². The zero-order valence-corrected chi connectivity index (χ0v) is 11.8. The molecule has 2 amide bonds. The van der Waals surface area contributed by atoms with Crippen LogP contribution in [-0.4, -0.2) is 16.8 Å². The van der Waals surface area contributed by atoms with Gasteiger partial charge in [-0.15, -0.1) is 0 Å². The second-order valence-corrected chi connectivity index (χ2v) is 4.94. The Morgan fingerprint density at radius 1 is 0.909 bits per heavy atom. The van der Waals surface area contributed by atoms with Gasteiger partial charge in [0.2, 0.25) is 5.91 Å². The predicted molar refractivity (Wildman–Crippen MR) is 84.1 cm³/mol. The summed E-state index contributed by atoms with van der Waals surface area (Å²) in [4.78, 5) is 26.3. The third-order valence-corrected chi connectivity index (χ3v) is 3.34. The first-order valence-corrected chi connectivity index (χ1v) is 6.92. The summed E-state index contributed by atoms with van der Waals surface area (Å²) in [5.74, 6) is -0.646. The van der Waals surface area contributed by atoms with Crippen LogP contribution in [0.4, 0.5) is 0 Å². The molecule has 1 aromatic heterocycles. The fraction of sp³-hybridized carbons (Fsp3) is 0.0588. The van der Waals surface area contributed by atoms with E-state index in [-0.39, 0.29) is 18.2 Å². The maximum Gasteiger partial charge on any atom is 0.286 e. The number of aromatic amines is 1. The third-order valence-electron chi connectivity index (χ3n) is 3.34. The number of hydrazine groups is 1. The molecule has 0 saturated heterocycles. The van der Waals surface area contributed by atoms with Crippen LogP contribution < -0.4 is 10.9 Å². The molecule has 0 saturated carbocycles. The van der Waals surface area contributed by atoms with Gasteiger partial charge in [0, 0.05) is 6.20 Å². The van der Waals surface area contributed by atoms with Gasteiger partial charge in [0.25, 0.3) is 5.91 Å². The van der Waals surface area contributed by atoms with Crippen molar-refractivity contribution >= 4 is 22.6 Å². The Balaban J connectivity index is 1.59. The monoisotopic (exact) mass is 293 g/mol. The number of hydrogen-bond acceptors (Lipinski definition) is 2. The highest BCUT2D eigenvalue weighted by molar-refractivity contribution is 5.94. The number of aromatic nitrogens is 1. The Kier molecular flexibility index (Phi) is 3.87. The Labute approximate surface area is 127 Å². The van der Waals surface area contributed by atoms with E-state index in [1.807, 2.05) is 42.5 Å². The van der Waals surface area contributed by atoms with Crippen molar-refractivity contribution in [1.82, 2.24) is 15.8 Å². The number of carbonyl (C=O) groups is 2. The molecule has 3 rings (SSSR count). The highest BCUT2D eigenvalue weighted by Crippen LogP contribution is 2.15. The van der Waals surface area contributed by atoms with Crippen LogP contribution in [0.1, 0.15) is 16.1 Å². The fourth-order valence-electron chi connectivity index (χ4n) is 2.24. The van der Waals surface area contributed by atoms with E-state index < -0.39 is 0 Å². The van der Waals surface area contributed by atoms with Crippen molar-refractivity contribution < 1.29 is 9.59 Å². The maximum absolute atomic E-state index is 11.9. The Bertz CT molecular complexity index is 810. The Hall–Kier alpha value is -3.08. The van der Waals surface area contributed by atoms with Gasteiger partial charge in [-0.2, -0.15) is 0 Å². The van der Waals surface area contributed by atoms with Gasteiger partial charge >= 0.3 is 0 Å². The van der Waals surface area contributed by atoms with Gasteiger partial charge in [-0.05, 0) is 28.5 Å². The summed E-state index contributed by atoms with van der Waals surface area (Å²) in [5, 5.41) is 2.22. The topological polar surface area (TPSA) is 74.0 Å². The lowest BCUT2D eigenvalue weighted by Gasteiger charge is -2.07. The van der Waals surface area contributed by atoms with E-state index in [4.69, 9.17) is 0 Å². The van der Waals surface area contributed by atoms with Gasteiger partial charge in [0.1, 0.15) is 5.69 Å². The predicted octanol–water partition coefficient (Wildman–Crippen LogP) is 2.17. The largest absolute Gasteiger partial charge is 0.357 e. The summed E-state index contributed by atoms with van der Waals surface area (Å²) >= 11 is 0. The summed E-state index contributed by atoms with van der Waals surface area (Å²) < 4.78 is 0. The average Bonchev–Trinajstić information content (AvgIpc) is 3.07. The zero-order valence-electron chi connectivity index (χ0n) is 11.8. The van der Waals surface area contributed by atoms with Gasteiger partial charge in [0.05, 0.1) is 6.42 Å². The lowest BCUT2D eigenvalue weighted by atomic mass is 10.1. The van der Waals surface area contributed by atoms with Crippen molar-refractivity contribution in [1.29, 1.82) is 0 Å². The molecular formula is C17H15N3O2. The average molecular weight is 293 g/mol. The minimum Gasteiger partial charge on any atom is -0.357 e. The molecule has 2 aromatic carbocycles. The van der Waals surface area contributed by atoms with Crippen LogP contribution in [0.5, 0.6) is 0 Å².